The van der Waals surface area contributed by atoms with Crippen LogP contribution in [0.1, 0.15) is 12.7 Å². The monoisotopic (exact) mass is 591 g/mol. The number of para-hydroxylation sites is 1. The van der Waals surface area contributed by atoms with Gasteiger partial charge in [-0.1, -0.05) is 128 Å². The van der Waals surface area contributed by atoms with Gasteiger partial charge in [-0.05, 0) is 57.7 Å². The summed E-state index contributed by atoms with van der Waals surface area (Å²) >= 11 is 0. The third-order valence-electron chi connectivity index (χ3n) is 9.19. The molecule has 2 aromatic heterocycles. The second kappa shape index (κ2) is 10.6. The molecule has 2 heterocycles. The van der Waals surface area contributed by atoms with Crippen LogP contribution in [0.2, 0.25) is 0 Å². The fourth-order valence-corrected chi connectivity index (χ4v) is 6.86. The molecule has 0 aliphatic heterocycles. The molecule has 7 aromatic rings. The van der Waals surface area contributed by atoms with Gasteiger partial charge in [-0.15, -0.1) is 0 Å². The normalized spacial score (nSPS) is 17.3. The van der Waals surface area contributed by atoms with Gasteiger partial charge < -0.3 is 4.42 Å². The zero-order valence-corrected chi connectivity index (χ0v) is 25.3. The van der Waals surface area contributed by atoms with Crippen molar-refractivity contribution in [2.45, 2.75) is 6.92 Å². The summed E-state index contributed by atoms with van der Waals surface area (Å²) in [6, 6.07) is 37.8. The van der Waals surface area contributed by atoms with Crippen molar-refractivity contribution in [1.82, 2.24) is 15.0 Å². The minimum atomic E-state index is 0.335. The van der Waals surface area contributed by atoms with E-state index >= 15 is 0 Å². The van der Waals surface area contributed by atoms with Crippen LogP contribution < -0.4 is 0 Å². The molecule has 0 amide bonds. The molecule has 0 spiro atoms. The van der Waals surface area contributed by atoms with Crippen molar-refractivity contribution in [3.63, 3.8) is 0 Å². The van der Waals surface area contributed by atoms with Crippen molar-refractivity contribution < 1.29 is 4.42 Å². The number of nitrogens with zero attached hydrogens (tertiary/aromatic N) is 3. The van der Waals surface area contributed by atoms with Crippen molar-refractivity contribution in [2.24, 2.45) is 11.8 Å². The maximum atomic E-state index is 6.16. The molecule has 4 heteroatoms. The van der Waals surface area contributed by atoms with Gasteiger partial charge in [0.1, 0.15) is 11.2 Å². The van der Waals surface area contributed by atoms with Crippen molar-refractivity contribution in [1.29, 1.82) is 0 Å². The SMILES string of the molecule is CC1C=C(c2nc(-c3ccc(-c4cccc5oc6ccccc6c45)cc3)nc(-c3ccc4ccccc4c3)n2)C=C2C=CC=CC21. The van der Waals surface area contributed by atoms with Gasteiger partial charge in [-0.3, -0.25) is 0 Å². The summed E-state index contributed by atoms with van der Waals surface area (Å²) < 4.78 is 6.16. The van der Waals surface area contributed by atoms with Crippen molar-refractivity contribution >= 4 is 38.3 Å². The fourth-order valence-electron chi connectivity index (χ4n) is 6.86. The Morgan fingerprint density at radius 2 is 1.33 bits per heavy atom. The van der Waals surface area contributed by atoms with E-state index in [1.807, 2.05) is 18.2 Å². The Morgan fingerprint density at radius 3 is 2.22 bits per heavy atom. The standard InChI is InChI=1S/C42H29N3O/c1-26-23-33(25-31-11-4-5-12-34(26)31)42-44-40(43-41(45-42)32-22-17-27-9-2-3-10-30(27)24-32)29-20-18-28(19-21-29)35-14-8-16-38-39(35)36-13-6-7-15-37(36)46-38/h2-26,34H,1H3. The molecule has 0 N–H and O–H groups in total. The molecule has 0 saturated heterocycles. The summed E-state index contributed by atoms with van der Waals surface area (Å²) in [6.45, 7) is 2.26. The maximum Gasteiger partial charge on any atom is 0.164 e. The average molecular weight is 592 g/mol. The van der Waals surface area contributed by atoms with Gasteiger partial charge in [0, 0.05) is 33.4 Å². The second-order valence-electron chi connectivity index (χ2n) is 12.1. The summed E-state index contributed by atoms with van der Waals surface area (Å²) in [7, 11) is 0. The van der Waals surface area contributed by atoms with Crippen molar-refractivity contribution in [2.75, 3.05) is 0 Å². The lowest BCUT2D eigenvalue weighted by atomic mass is 9.78. The van der Waals surface area contributed by atoms with Gasteiger partial charge in [0.2, 0.25) is 0 Å². The summed E-state index contributed by atoms with van der Waals surface area (Å²) in [5.41, 5.74) is 8.25. The van der Waals surface area contributed by atoms with Gasteiger partial charge in [-0.25, -0.2) is 15.0 Å². The quantitative estimate of drug-likeness (QED) is 0.204. The highest BCUT2D eigenvalue weighted by Crippen LogP contribution is 2.38. The zero-order chi connectivity index (χ0) is 30.6. The third-order valence-corrected chi connectivity index (χ3v) is 9.19. The molecule has 2 unspecified atom stereocenters. The summed E-state index contributed by atoms with van der Waals surface area (Å²) in [5, 5.41) is 4.59. The molecule has 218 valence electrons. The first kappa shape index (κ1) is 26.5. The average Bonchev–Trinajstić information content (AvgIpc) is 3.50. The van der Waals surface area contributed by atoms with Crippen LogP contribution >= 0.6 is 0 Å². The Kier molecular flexibility index (Phi) is 6.13. The summed E-state index contributed by atoms with van der Waals surface area (Å²) in [4.78, 5) is 15.2. The predicted octanol–water partition coefficient (Wildman–Crippen LogP) is 10.6. The van der Waals surface area contributed by atoms with E-state index < -0.39 is 0 Å². The lowest BCUT2D eigenvalue weighted by Gasteiger charge is -2.26. The van der Waals surface area contributed by atoms with E-state index in [-0.39, 0.29) is 0 Å². The third kappa shape index (κ3) is 4.50. The van der Waals surface area contributed by atoms with Crippen LogP contribution in [0.5, 0.6) is 0 Å². The first-order valence-corrected chi connectivity index (χ1v) is 15.7. The van der Waals surface area contributed by atoms with Crippen LogP contribution in [0.25, 0.3) is 72.2 Å². The van der Waals surface area contributed by atoms with Crippen LogP contribution in [0.15, 0.2) is 156 Å². The van der Waals surface area contributed by atoms with E-state index in [0.717, 1.165) is 55.2 Å². The molecule has 2 aliphatic carbocycles. The van der Waals surface area contributed by atoms with Gasteiger partial charge in [0.05, 0.1) is 0 Å². The van der Waals surface area contributed by atoms with E-state index in [0.29, 0.717) is 29.3 Å². The van der Waals surface area contributed by atoms with Crippen LogP contribution in [0.4, 0.5) is 0 Å². The Labute approximate surface area is 266 Å². The largest absolute Gasteiger partial charge is 0.456 e. The number of hydrogen-bond donors (Lipinski definition) is 0. The minimum absolute atomic E-state index is 0.335. The topological polar surface area (TPSA) is 51.8 Å². The van der Waals surface area contributed by atoms with Gasteiger partial charge in [0.25, 0.3) is 0 Å². The Morgan fingerprint density at radius 1 is 0.609 bits per heavy atom. The highest BCUT2D eigenvalue weighted by Gasteiger charge is 2.24. The van der Waals surface area contributed by atoms with E-state index in [2.05, 4.69) is 134 Å². The van der Waals surface area contributed by atoms with Crippen LogP contribution in [-0.2, 0) is 0 Å². The van der Waals surface area contributed by atoms with E-state index in [4.69, 9.17) is 19.4 Å². The smallest absolute Gasteiger partial charge is 0.164 e. The van der Waals surface area contributed by atoms with Crippen molar-refractivity contribution in [3.05, 3.63) is 157 Å². The highest BCUT2D eigenvalue weighted by atomic mass is 16.3. The molecule has 4 nitrogen and oxygen atoms in total. The van der Waals surface area contributed by atoms with Gasteiger partial charge >= 0.3 is 0 Å². The molecule has 2 atom stereocenters. The molecule has 2 aliphatic rings. The van der Waals surface area contributed by atoms with Gasteiger partial charge in [-0.2, -0.15) is 0 Å². The fraction of sp³-hybridized carbons (Fsp3) is 0.0714. The molecule has 0 fully saturated rings. The number of fused-ring (bicyclic) bond motifs is 5. The number of aromatic nitrogens is 3. The minimum Gasteiger partial charge on any atom is -0.456 e. The molecule has 0 radical (unpaired) electrons. The Balaban J connectivity index is 1.17. The lowest BCUT2D eigenvalue weighted by Crippen LogP contribution is -2.15. The predicted molar refractivity (Wildman–Crippen MR) is 188 cm³/mol. The van der Waals surface area contributed by atoms with Crippen molar-refractivity contribution in [3.8, 4) is 33.9 Å². The molecule has 0 bridgehead atoms. The second-order valence-corrected chi connectivity index (χ2v) is 12.1. The van der Waals surface area contributed by atoms with Crippen LogP contribution in [0, 0.1) is 11.8 Å². The number of benzene rings is 5. The molecular formula is C42H29N3O. The molecule has 9 rings (SSSR count). The molecule has 5 aromatic carbocycles. The van der Waals surface area contributed by atoms with Gasteiger partial charge in [0.15, 0.2) is 17.5 Å². The molecule has 0 saturated carbocycles. The van der Waals surface area contributed by atoms with E-state index in [9.17, 15) is 0 Å². The maximum absolute atomic E-state index is 6.16. The first-order chi connectivity index (χ1) is 22.7. The highest BCUT2D eigenvalue weighted by molar-refractivity contribution is 6.12. The van der Waals surface area contributed by atoms with Crippen LogP contribution in [0.3, 0.4) is 0 Å². The van der Waals surface area contributed by atoms with E-state index in [1.54, 1.807) is 0 Å². The number of furan rings is 1. The first-order valence-electron chi connectivity index (χ1n) is 15.7. The molecule has 46 heavy (non-hydrogen) atoms. The summed E-state index contributed by atoms with van der Waals surface area (Å²) in [5.74, 6) is 2.71. The van der Waals surface area contributed by atoms with Crippen LogP contribution in [-0.4, -0.2) is 15.0 Å². The summed E-state index contributed by atoms with van der Waals surface area (Å²) in [6.07, 6.45) is 13.2. The zero-order valence-electron chi connectivity index (χ0n) is 25.3. The Bertz CT molecular complexity index is 2440. The van der Waals surface area contributed by atoms with E-state index in [1.165, 1.54) is 11.0 Å². The lowest BCUT2D eigenvalue weighted by molar-refractivity contribution is 0.584. The number of hydrogen-bond acceptors (Lipinski definition) is 4. The molecular weight excluding hydrogens is 562 g/mol. The Hall–Kier alpha value is -5.87. The number of allylic oxidation sites excluding steroid dienone is 8. The number of rotatable bonds is 4.